The van der Waals surface area contributed by atoms with E-state index in [9.17, 15) is 0 Å². The third kappa shape index (κ3) is 2.94. The predicted octanol–water partition coefficient (Wildman–Crippen LogP) is 4.00. The number of nitrogens with zero attached hydrogens (tertiary/aromatic N) is 2. The highest BCUT2D eigenvalue weighted by Gasteiger charge is 2.09. The zero-order valence-electron chi connectivity index (χ0n) is 11.2. The number of alkyl halides is 1. The van der Waals surface area contributed by atoms with E-state index in [4.69, 9.17) is 16.6 Å². The van der Waals surface area contributed by atoms with Crippen LogP contribution in [0.25, 0.3) is 10.9 Å². The van der Waals surface area contributed by atoms with Gasteiger partial charge in [0.05, 0.1) is 5.52 Å². The molecule has 0 saturated heterocycles. The topological polar surface area (TPSA) is 16.1 Å². The highest BCUT2D eigenvalue weighted by molar-refractivity contribution is 6.20. The van der Waals surface area contributed by atoms with Gasteiger partial charge in [0.15, 0.2) is 0 Å². The Morgan fingerprint density at radius 1 is 1.33 bits per heavy atom. The first-order valence-electron chi connectivity index (χ1n) is 6.29. The van der Waals surface area contributed by atoms with E-state index >= 15 is 0 Å². The van der Waals surface area contributed by atoms with E-state index in [1.54, 1.807) is 0 Å². The Kier molecular flexibility index (Phi) is 4.07. The SMILES string of the molecule is Cc1cc2ccccc2nc1N(C)CCC(C)Cl. The van der Waals surface area contributed by atoms with Crippen LogP contribution < -0.4 is 4.90 Å². The van der Waals surface area contributed by atoms with Crippen molar-refractivity contribution in [2.45, 2.75) is 25.6 Å². The number of pyridine rings is 1. The highest BCUT2D eigenvalue weighted by atomic mass is 35.5. The minimum absolute atomic E-state index is 0.202. The molecule has 0 fully saturated rings. The van der Waals surface area contributed by atoms with Gasteiger partial charge in [-0.15, -0.1) is 11.6 Å². The number of fused-ring (bicyclic) bond motifs is 1. The maximum Gasteiger partial charge on any atom is 0.131 e. The van der Waals surface area contributed by atoms with E-state index in [2.05, 4.69) is 37.1 Å². The molecule has 0 N–H and O–H groups in total. The molecule has 2 nitrogen and oxygen atoms in total. The van der Waals surface area contributed by atoms with Gasteiger partial charge in [-0.2, -0.15) is 0 Å². The lowest BCUT2D eigenvalue weighted by molar-refractivity contribution is 0.765. The first-order chi connectivity index (χ1) is 8.58. The second kappa shape index (κ2) is 5.57. The molecule has 0 aliphatic carbocycles. The van der Waals surface area contributed by atoms with Crippen LogP contribution in [0.4, 0.5) is 5.82 Å². The second-order valence-corrected chi connectivity index (χ2v) is 5.56. The molecular weight excluding hydrogens is 244 g/mol. The van der Waals surface area contributed by atoms with Gasteiger partial charge in [0.25, 0.3) is 0 Å². The summed E-state index contributed by atoms with van der Waals surface area (Å²) in [5, 5.41) is 1.39. The summed E-state index contributed by atoms with van der Waals surface area (Å²) in [6.45, 7) is 5.06. The monoisotopic (exact) mass is 262 g/mol. The minimum Gasteiger partial charge on any atom is -0.359 e. The summed E-state index contributed by atoms with van der Waals surface area (Å²) in [4.78, 5) is 6.92. The predicted molar refractivity (Wildman–Crippen MR) is 79.7 cm³/mol. The summed E-state index contributed by atoms with van der Waals surface area (Å²) in [6, 6.07) is 10.4. The Balaban J connectivity index is 2.29. The van der Waals surface area contributed by atoms with Gasteiger partial charge >= 0.3 is 0 Å². The van der Waals surface area contributed by atoms with Crippen molar-refractivity contribution < 1.29 is 0 Å². The number of hydrogen-bond acceptors (Lipinski definition) is 2. The zero-order chi connectivity index (χ0) is 13.1. The Morgan fingerprint density at radius 3 is 2.78 bits per heavy atom. The summed E-state index contributed by atoms with van der Waals surface area (Å²) in [7, 11) is 2.07. The molecule has 1 unspecified atom stereocenters. The van der Waals surface area contributed by atoms with Gasteiger partial charge in [0.2, 0.25) is 0 Å². The van der Waals surface area contributed by atoms with Crippen LogP contribution in [-0.4, -0.2) is 24.0 Å². The largest absolute Gasteiger partial charge is 0.359 e. The summed E-state index contributed by atoms with van der Waals surface area (Å²) >= 11 is 6.00. The van der Waals surface area contributed by atoms with E-state index < -0.39 is 0 Å². The summed E-state index contributed by atoms with van der Waals surface area (Å²) in [6.07, 6.45) is 0.964. The van der Waals surface area contributed by atoms with Crippen LogP contribution in [0.3, 0.4) is 0 Å². The van der Waals surface area contributed by atoms with Crippen LogP contribution in [0.15, 0.2) is 30.3 Å². The maximum absolute atomic E-state index is 6.00. The molecule has 18 heavy (non-hydrogen) atoms. The van der Waals surface area contributed by atoms with Crippen LogP contribution in [-0.2, 0) is 0 Å². The fourth-order valence-corrected chi connectivity index (χ4v) is 2.17. The van der Waals surface area contributed by atoms with Crippen molar-refractivity contribution in [1.29, 1.82) is 0 Å². The molecule has 1 aromatic heterocycles. The average molecular weight is 263 g/mol. The quantitative estimate of drug-likeness (QED) is 0.775. The van der Waals surface area contributed by atoms with Crippen molar-refractivity contribution in [3.05, 3.63) is 35.9 Å². The molecule has 2 aromatic rings. The van der Waals surface area contributed by atoms with E-state index in [0.717, 1.165) is 24.3 Å². The number of halogens is 1. The number of hydrogen-bond donors (Lipinski definition) is 0. The molecule has 0 saturated carbocycles. The fraction of sp³-hybridized carbons (Fsp3) is 0.400. The molecule has 1 aromatic carbocycles. The second-order valence-electron chi connectivity index (χ2n) is 4.81. The fourth-order valence-electron chi connectivity index (χ4n) is 2.08. The van der Waals surface area contributed by atoms with Crippen molar-refractivity contribution in [3.63, 3.8) is 0 Å². The number of anilines is 1. The Morgan fingerprint density at radius 2 is 2.06 bits per heavy atom. The first-order valence-corrected chi connectivity index (χ1v) is 6.73. The first kappa shape index (κ1) is 13.2. The van der Waals surface area contributed by atoms with Gasteiger partial charge in [0, 0.05) is 24.4 Å². The molecule has 0 spiro atoms. The van der Waals surface area contributed by atoms with Crippen molar-refractivity contribution in [2.75, 3.05) is 18.5 Å². The van der Waals surface area contributed by atoms with Gasteiger partial charge < -0.3 is 4.90 Å². The van der Waals surface area contributed by atoms with E-state index in [0.29, 0.717) is 0 Å². The lowest BCUT2D eigenvalue weighted by Gasteiger charge is -2.21. The van der Waals surface area contributed by atoms with Crippen LogP contribution in [0.5, 0.6) is 0 Å². The molecule has 0 radical (unpaired) electrons. The molecule has 3 heteroatoms. The molecule has 96 valence electrons. The Labute approximate surface area is 114 Å². The van der Waals surface area contributed by atoms with E-state index in [1.165, 1.54) is 10.9 Å². The van der Waals surface area contributed by atoms with Crippen molar-refractivity contribution in [1.82, 2.24) is 4.98 Å². The van der Waals surface area contributed by atoms with E-state index in [-0.39, 0.29) is 5.38 Å². The molecule has 0 amide bonds. The van der Waals surface area contributed by atoms with Crippen molar-refractivity contribution in [3.8, 4) is 0 Å². The van der Waals surface area contributed by atoms with Crippen LogP contribution in [0.1, 0.15) is 18.9 Å². The highest BCUT2D eigenvalue weighted by Crippen LogP contribution is 2.22. The summed E-state index contributed by atoms with van der Waals surface area (Å²) < 4.78 is 0. The smallest absolute Gasteiger partial charge is 0.131 e. The maximum atomic E-state index is 6.00. The van der Waals surface area contributed by atoms with Crippen molar-refractivity contribution >= 4 is 28.3 Å². The summed E-state index contributed by atoms with van der Waals surface area (Å²) in [5.41, 5.74) is 2.25. The zero-order valence-corrected chi connectivity index (χ0v) is 11.9. The standard InChI is InChI=1S/C15H19ClN2/c1-11-10-13-6-4-5-7-14(13)17-15(11)18(3)9-8-12(2)16/h4-7,10,12H,8-9H2,1-3H3. The van der Waals surface area contributed by atoms with Crippen molar-refractivity contribution in [2.24, 2.45) is 0 Å². The molecular formula is C15H19ClN2. The molecule has 1 heterocycles. The van der Waals surface area contributed by atoms with Gasteiger partial charge in [-0.25, -0.2) is 4.98 Å². The van der Waals surface area contributed by atoms with Gasteiger partial charge in [-0.05, 0) is 38.0 Å². The molecule has 1 atom stereocenters. The van der Waals surface area contributed by atoms with Crippen LogP contribution in [0.2, 0.25) is 0 Å². The molecule has 2 rings (SSSR count). The molecule has 0 aliphatic rings. The lowest BCUT2D eigenvalue weighted by Crippen LogP contribution is -2.22. The number of para-hydroxylation sites is 1. The lowest BCUT2D eigenvalue weighted by atomic mass is 10.1. The average Bonchev–Trinajstić information content (AvgIpc) is 2.35. The Bertz CT molecular complexity index is 537. The third-order valence-electron chi connectivity index (χ3n) is 3.11. The van der Waals surface area contributed by atoms with Gasteiger partial charge in [0.1, 0.15) is 5.82 Å². The van der Waals surface area contributed by atoms with Gasteiger partial charge in [-0.1, -0.05) is 18.2 Å². The van der Waals surface area contributed by atoms with Crippen LogP contribution in [0, 0.1) is 6.92 Å². The third-order valence-corrected chi connectivity index (χ3v) is 3.33. The van der Waals surface area contributed by atoms with E-state index in [1.807, 2.05) is 19.1 Å². The normalized spacial score (nSPS) is 12.7. The molecule has 0 bridgehead atoms. The minimum atomic E-state index is 0.202. The molecule has 0 aliphatic heterocycles. The number of rotatable bonds is 4. The summed E-state index contributed by atoms with van der Waals surface area (Å²) in [5.74, 6) is 1.05. The number of aryl methyl sites for hydroxylation is 1. The van der Waals surface area contributed by atoms with Gasteiger partial charge in [-0.3, -0.25) is 0 Å². The number of aromatic nitrogens is 1. The number of benzene rings is 1. The Hall–Kier alpha value is -1.28. The van der Waals surface area contributed by atoms with Crippen LogP contribution >= 0.6 is 11.6 Å².